The number of hydrogen-bond donors (Lipinski definition) is 2. The lowest BCUT2D eigenvalue weighted by molar-refractivity contribution is 0.569. The highest BCUT2D eigenvalue weighted by atomic mass is 35.5. The highest BCUT2D eigenvalue weighted by Crippen LogP contribution is 2.35. The summed E-state index contributed by atoms with van der Waals surface area (Å²) in [6, 6.07) is 7.41. The van der Waals surface area contributed by atoms with Gasteiger partial charge in [-0.05, 0) is 23.8 Å². The molecule has 0 amide bonds. The fourth-order valence-corrected chi connectivity index (χ4v) is 2.37. The number of allylic oxidation sites excluding steroid dienone is 1. The van der Waals surface area contributed by atoms with Crippen LogP contribution in [-0.4, -0.2) is 5.38 Å². The second-order valence-corrected chi connectivity index (χ2v) is 4.69. The van der Waals surface area contributed by atoms with E-state index in [-0.39, 0.29) is 0 Å². The second kappa shape index (κ2) is 4.13. The molecule has 2 unspecified atom stereocenters. The van der Waals surface area contributed by atoms with E-state index >= 15 is 0 Å². The van der Waals surface area contributed by atoms with Gasteiger partial charge >= 0.3 is 0 Å². The molecule has 84 valence electrons. The molecule has 4 N–H and O–H groups in total. The van der Waals surface area contributed by atoms with Gasteiger partial charge in [0.25, 0.3) is 0 Å². The van der Waals surface area contributed by atoms with E-state index in [4.69, 9.17) is 34.7 Å². The quantitative estimate of drug-likeness (QED) is 0.757. The minimum Gasteiger partial charge on any atom is -0.399 e. The van der Waals surface area contributed by atoms with Crippen LogP contribution >= 0.6 is 23.2 Å². The average molecular weight is 255 g/mol. The molecule has 2 nitrogen and oxygen atoms in total. The maximum absolute atomic E-state index is 6.28. The first-order valence-electron chi connectivity index (χ1n) is 4.88. The molecule has 1 aromatic rings. The smallest absolute Gasteiger partial charge is 0.0816 e. The fraction of sp³-hybridized carbons (Fsp3) is 0.167. The highest BCUT2D eigenvalue weighted by molar-refractivity contribution is 6.31. The number of halogens is 2. The fourth-order valence-electron chi connectivity index (χ4n) is 1.74. The number of hydrogen-bond acceptors (Lipinski definition) is 2. The van der Waals surface area contributed by atoms with Crippen molar-refractivity contribution in [1.29, 1.82) is 0 Å². The van der Waals surface area contributed by atoms with E-state index < -0.39 is 10.9 Å². The lowest BCUT2D eigenvalue weighted by Crippen LogP contribution is -2.44. The minimum atomic E-state index is -0.803. The molecule has 0 heterocycles. The Hall–Kier alpha value is -0.960. The van der Waals surface area contributed by atoms with Crippen molar-refractivity contribution in [3.63, 3.8) is 0 Å². The van der Waals surface area contributed by atoms with Gasteiger partial charge in [-0.15, -0.1) is 11.6 Å². The molecule has 0 spiro atoms. The van der Waals surface area contributed by atoms with Crippen LogP contribution in [0.1, 0.15) is 5.56 Å². The van der Waals surface area contributed by atoms with E-state index in [2.05, 4.69) is 0 Å². The van der Waals surface area contributed by atoms with Crippen molar-refractivity contribution in [3.8, 4) is 0 Å². The lowest BCUT2D eigenvalue weighted by Gasteiger charge is -2.33. The van der Waals surface area contributed by atoms with Crippen molar-refractivity contribution in [2.75, 3.05) is 0 Å². The van der Waals surface area contributed by atoms with Crippen molar-refractivity contribution in [1.82, 2.24) is 0 Å². The van der Waals surface area contributed by atoms with Crippen LogP contribution in [0, 0.1) is 0 Å². The van der Waals surface area contributed by atoms with Crippen molar-refractivity contribution in [3.05, 3.63) is 58.8 Å². The van der Waals surface area contributed by atoms with E-state index in [1.165, 1.54) is 0 Å². The summed E-state index contributed by atoms with van der Waals surface area (Å²) < 4.78 is 0. The Morgan fingerprint density at radius 3 is 2.56 bits per heavy atom. The largest absolute Gasteiger partial charge is 0.399 e. The lowest BCUT2D eigenvalue weighted by atomic mass is 9.84. The molecule has 0 bridgehead atoms. The second-order valence-electron chi connectivity index (χ2n) is 3.81. The normalized spacial score (nSPS) is 28.9. The van der Waals surface area contributed by atoms with Crippen molar-refractivity contribution in [2.45, 2.75) is 10.9 Å². The van der Waals surface area contributed by atoms with Gasteiger partial charge in [-0.3, -0.25) is 0 Å². The summed E-state index contributed by atoms with van der Waals surface area (Å²) in [4.78, 5) is 0. The molecule has 0 aliphatic heterocycles. The van der Waals surface area contributed by atoms with Gasteiger partial charge in [0.1, 0.15) is 0 Å². The summed E-state index contributed by atoms with van der Waals surface area (Å²) in [5.74, 6) is 0. The Morgan fingerprint density at radius 2 is 1.94 bits per heavy atom. The van der Waals surface area contributed by atoms with E-state index in [1.54, 1.807) is 24.3 Å². The van der Waals surface area contributed by atoms with Gasteiger partial charge in [0.15, 0.2) is 0 Å². The summed E-state index contributed by atoms with van der Waals surface area (Å²) in [7, 11) is 0. The van der Waals surface area contributed by atoms with E-state index in [0.29, 0.717) is 10.7 Å². The summed E-state index contributed by atoms with van der Waals surface area (Å²) in [5.41, 5.74) is 12.6. The number of nitrogens with two attached hydrogens (primary N) is 2. The third kappa shape index (κ3) is 1.84. The standard InChI is InChI=1S/C12H12Cl2N2/c13-10-4-2-1-3-9(10)12(16)6-5-8(15)7-11(12)14/h1-7,11H,15-16H2. The van der Waals surface area contributed by atoms with Crippen LogP contribution < -0.4 is 11.5 Å². The molecule has 2 rings (SSSR count). The third-order valence-electron chi connectivity index (χ3n) is 2.69. The monoisotopic (exact) mass is 254 g/mol. The van der Waals surface area contributed by atoms with Crippen molar-refractivity contribution >= 4 is 23.2 Å². The molecule has 2 atom stereocenters. The van der Waals surface area contributed by atoms with Crippen molar-refractivity contribution in [2.24, 2.45) is 11.5 Å². The molecule has 0 saturated carbocycles. The Balaban J connectivity index is 2.49. The molecule has 0 fully saturated rings. The topological polar surface area (TPSA) is 52.0 Å². The SMILES string of the molecule is NC1=CC(Cl)C(N)(c2ccccc2Cl)C=C1. The maximum atomic E-state index is 6.28. The Kier molecular flexibility index (Phi) is 2.98. The van der Waals surface area contributed by atoms with Crippen LogP contribution in [0.15, 0.2) is 48.2 Å². The highest BCUT2D eigenvalue weighted by Gasteiger charge is 2.35. The van der Waals surface area contributed by atoms with Crippen LogP contribution in [0.25, 0.3) is 0 Å². The summed E-state index contributed by atoms with van der Waals surface area (Å²) in [5, 5.41) is 0.201. The molecule has 4 heteroatoms. The van der Waals surface area contributed by atoms with Gasteiger partial charge in [-0.25, -0.2) is 0 Å². The molecule has 1 aliphatic carbocycles. The molecular formula is C12H12Cl2N2. The van der Waals surface area contributed by atoms with E-state index in [1.807, 2.05) is 18.2 Å². The Bertz CT molecular complexity index is 468. The van der Waals surface area contributed by atoms with Crippen LogP contribution in [0.5, 0.6) is 0 Å². The number of rotatable bonds is 1. The average Bonchev–Trinajstić information content (AvgIpc) is 2.25. The zero-order valence-electron chi connectivity index (χ0n) is 8.53. The van der Waals surface area contributed by atoms with Gasteiger partial charge in [0.2, 0.25) is 0 Å². The summed E-state index contributed by atoms with van der Waals surface area (Å²) in [6.45, 7) is 0. The summed E-state index contributed by atoms with van der Waals surface area (Å²) in [6.07, 6.45) is 5.27. The molecular weight excluding hydrogens is 243 g/mol. The molecule has 0 saturated heterocycles. The molecule has 0 aromatic heterocycles. The van der Waals surface area contributed by atoms with Crippen LogP contribution in [-0.2, 0) is 5.54 Å². The number of benzene rings is 1. The predicted molar refractivity (Wildman–Crippen MR) is 68.4 cm³/mol. The first-order valence-corrected chi connectivity index (χ1v) is 5.70. The van der Waals surface area contributed by atoms with Crippen LogP contribution in [0.3, 0.4) is 0 Å². The molecule has 0 radical (unpaired) electrons. The first-order chi connectivity index (χ1) is 7.54. The van der Waals surface area contributed by atoms with Crippen molar-refractivity contribution < 1.29 is 0 Å². The minimum absolute atomic E-state index is 0.405. The molecule has 1 aliphatic rings. The van der Waals surface area contributed by atoms with E-state index in [0.717, 1.165) is 5.56 Å². The zero-order chi connectivity index (χ0) is 11.8. The zero-order valence-corrected chi connectivity index (χ0v) is 10.0. The van der Waals surface area contributed by atoms with Gasteiger partial charge in [-0.1, -0.05) is 35.9 Å². The Morgan fingerprint density at radius 1 is 1.25 bits per heavy atom. The molecule has 16 heavy (non-hydrogen) atoms. The predicted octanol–water partition coefficient (Wildman–Crippen LogP) is 2.51. The molecule has 1 aromatic carbocycles. The van der Waals surface area contributed by atoms with Crippen LogP contribution in [0.2, 0.25) is 5.02 Å². The van der Waals surface area contributed by atoms with Gasteiger partial charge in [0, 0.05) is 10.7 Å². The van der Waals surface area contributed by atoms with Gasteiger partial charge < -0.3 is 11.5 Å². The third-order valence-corrected chi connectivity index (χ3v) is 3.50. The van der Waals surface area contributed by atoms with E-state index in [9.17, 15) is 0 Å². The Labute approximate surface area is 105 Å². The van der Waals surface area contributed by atoms with Crippen LogP contribution in [0.4, 0.5) is 0 Å². The maximum Gasteiger partial charge on any atom is 0.0816 e. The number of alkyl halides is 1. The van der Waals surface area contributed by atoms with Gasteiger partial charge in [0.05, 0.1) is 10.9 Å². The van der Waals surface area contributed by atoms with Gasteiger partial charge in [-0.2, -0.15) is 0 Å². The first kappa shape index (κ1) is 11.5. The summed E-state index contributed by atoms with van der Waals surface area (Å²) >= 11 is 12.4.